The van der Waals surface area contributed by atoms with Gasteiger partial charge in [0.25, 0.3) is 5.91 Å². The van der Waals surface area contributed by atoms with Crippen molar-refractivity contribution in [3.05, 3.63) is 65.7 Å². The second kappa shape index (κ2) is 7.82. The molecule has 1 aliphatic rings. The summed E-state index contributed by atoms with van der Waals surface area (Å²) in [4.78, 5) is 35.5. The Morgan fingerprint density at radius 3 is 2.23 bits per heavy atom. The van der Waals surface area contributed by atoms with E-state index in [0.717, 1.165) is 18.4 Å². The fraction of sp³-hybridized carbons (Fsp3) is 0.250. The van der Waals surface area contributed by atoms with Crippen LogP contribution in [0.25, 0.3) is 0 Å². The lowest BCUT2D eigenvalue weighted by atomic mass is 10.1. The van der Waals surface area contributed by atoms with Crippen molar-refractivity contribution in [2.24, 2.45) is 5.92 Å². The molecule has 2 aromatic rings. The van der Waals surface area contributed by atoms with Crippen molar-refractivity contribution in [1.82, 2.24) is 5.32 Å². The van der Waals surface area contributed by atoms with Crippen molar-refractivity contribution in [2.75, 3.05) is 5.32 Å². The Kier molecular flexibility index (Phi) is 5.31. The molecule has 2 amide bonds. The van der Waals surface area contributed by atoms with Crippen LogP contribution in [0.5, 0.6) is 0 Å². The van der Waals surface area contributed by atoms with E-state index in [1.54, 1.807) is 24.3 Å². The number of anilines is 1. The quantitative estimate of drug-likeness (QED) is 0.713. The summed E-state index contributed by atoms with van der Waals surface area (Å²) in [5.74, 6) is -1.45. The maximum atomic E-state index is 12.3. The van der Waals surface area contributed by atoms with Crippen LogP contribution >= 0.6 is 0 Å². The first-order chi connectivity index (χ1) is 12.5. The first-order valence-corrected chi connectivity index (χ1v) is 8.51. The van der Waals surface area contributed by atoms with Crippen LogP contribution in [0.4, 0.5) is 5.69 Å². The minimum Gasteiger partial charge on any atom is -0.480 e. The number of rotatable bonds is 7. The smallest absolute Gasteiger partial charge is 0.326 e. The average Bonchev–Trinajstić information content (AvgIpc) is 3.47. The van der Waals surface area contributed by atoms with Crippen LogP contribution in [-0.2, 0) is 16.0 Å². The third-order valence-electron chi connectivity index (χ3n) is 4.25. The van der Waals surface area contributed by atoms with Crippen molar-refractivity contribution in [3.63, 3.8) is 0 Å². The van der Waals surface area contributed by atoms with Crippen LogP contribution in [0.3, 0.4) is 0 Å². The van der Waals surface area contributed by atoms with E-state index in [1.165, 1.54) is 0 Å². The summed E-state index contributed by atoms with van der Waals surface area (Å²) in [6.07, 6.45) is 2.05. The maximum Gasteiger partial charge on any atom is 0.326 e. The summed E-state index contributed by atoms with van der Waals surface area (Å²) in [7, 11) is 0. The highest BCUT2D eigenvalue weighted by molar-refractivity contribution is 5.98. The highest BCUT2D eigenvalue weighted by atomic mass is 16.4. The third kappa shape index (κ3) is 4.69. The fourth-order valence-electron chi connectivity index (χ4n) is 2.59. The predicted octanol–water partition coefficient (Wildman–Crippen LogP) is 2.46. The zero-order valence-corrected chi connectivity index (χ0v) is 14.1. The number of aliphatic carboxylic acids is 1. The van der Waals surface area contributed by atoms with Gasteiger partial charge >= 0.3 is 5.97 Å². The number of carbonyl (C=O) groups excluding carboxylic acids is 2. The number of carboxylic acids is 1. The normalized spacial score (nSPS) is 14.3. The highest BCUT2D eigenvalue weighted by Crippen LogP contribution is 2.30. The van der Waals surface area contributed by atoms with E-state index in [0.29, 0.717) is 11.3 Å². The summed E-state index contributed by atoms with van der Waals surface area (Å²) >= 11 is 0. The zero-order chi connectivity index (χ0) is 18.5. The molecule has 0 spiro atoms. The molecule has 0 unspecified atom stereocenters. The number of carboxylic acid groups (broad SMARTS) is 1. The van der Waals surface area contributed by atoms with Crippen molar-refractivity contribution < 1.29 is 19.5 Å². The molecule has 0 heterocycles. The molecule has 6 heteroatoms. The monoisotopic (exact) mass is 352 g/mol. The number of amides is 2. The summed E-state index contributed by atoms with van der Waals surface area (Å²) in [5, 5.41) is 14.7. The lowest BCUT2D eigenvalue weighted by Crippen LogP contribution is -2.42. The van der Waals surface area contributed by atoms with Crippen molar-refractivity contribution in [2.45, 2.75) is 25.3 Å². The van der Waals surface area contributed by atoms with Crippen molar-refractivity contribution >= 4 is 23.5 Å². The Labute approximate surface area is 151 Å². The van der Waals surface area contributed by atoms with E-state index < -0.39 is 17.9 Å². The van der Waals surface area contributed by atoms with Crippen LogP contribution in [0.15, 0.2) is 54.6 Å². The largest absolute Gasteiger partial charge is 0.480 e. The Bertz CT molecular complexity index is 798. The van der Waals surface area contributed by atoms with E-state index in [4.69, 9.17) is 0 Å². The van der Waals surface area contributed by atoms with Gasteiger partial charge in [-0.2, -0.15) is 0 Å². The van der Waals surface area contributed by atoms with Gasteiger partial charge in [-0.25, -0.2) is 4.79 Å². The summed E-state index contributed by atoms with van der Waals surface area (Å²) in [6, 6.07) is 14.5. The molecule has 26 heavy (non-hydrogen) atoms. The maximum absolute atomic E-state index is 12.3. The van der Waals surface area contributed by atoms with Gasteiger partial charge in [0, 0.05) is 23.6 Å². The molecule has 0 bridgehead atoms. The van der Waals surface area contributed by atoms with Crippen LogP contribution < -0.4 is 10.6 Å². The van der Waals surface area contributed by atoms with Gasteiger partial charge in [0.05, 0.1) is 0 Å². The molecule has 1 saturated carbocycles. The molecule has 0 aromatic heterocycles. The predicted molar refractivity (Wildman–Crippen MR) is 96.8 cm³/mol. The standard InChI is InChI=1S/C20H20N2O4/c23-18(14-6-7-14)21-16-10-8-15(9-11-16)19(24)22-17(20(25)26)12-13-4-2-1-3-5-13/h1-5,8-11,14,17H,6-7,12H2,(H,21,23)(H,22,24)(H,25,26)/t17-/m0/s1. The molecule has 0 aliphatic heterocycles. The first-order valence-electron chi connectivity index (χ1n) is 8.51. The summed E-state index contributed by atoms with van der Waals surface area (Å²) in [5.41, 5.74) is 1.80. The lowest BCUT2D eigenvalue weighted by Gasteiger charge is -2.15. The van der Waals surface area contributed by atoms with E-state index >= 15 is 0 Å². The molecule has 1 fully saturated rings. The van der Waals surface area contributed by atoms with Crippen molar-refractivity contribution in [1.29, 1.82) is 0 Å². The van der Waals surface area contributed by atoms with Crippen LogP contribution in [-0.4, -0.2) is 28.9 Å². The first kappa shape index (κ1) is 17.7. The number of benzene rings is 2. The molecule has 1 atom stereocenters. The minimum atomic E-state index is -1.09. The molecule has 3 N–H and O–H groups in total. The zero-order valence-electron chi connectivity index (χ0n) is 14.1. The highest BCUT2D eigenvalue weighted by Gasteiger charge is 2.29. The number of hydrogen-bond acceptors (Lipinski definition) is 3. The number of carbonyl (C=O) groups is 3. The Balaban J connectivity index is 1.61. The SMILES string of the molecule is O=C(N[C@@H](Cc1ccccc1)C(=O)O)c1ccc(NC(=O)C2CC2)cc1. The van der Waals surface area contributed by atoms with Crippen LogP contribution in [0, 0.1) is 5.92 Å². The van der Waals surface area contributed by atoms with Gasteiger partial charge < -0.3 is 15.7 Å². The molecular formula is C20H20N2O4. The van der Waals surface area contributed by atoms with Gasteiger partial charge in [0.15, 0.2) is 0 Å². The second-order valence-electron chi connectivity index (χ2n) is 6.39. The van der Waals surface area contributed by atoms with Gasteiger partial charge in [-0.3, -0.25) is 9.59 Å². The van der Waals surface area contributed by atoms with Crippen LogP contribution in [0.1, 0.15) is 28.8 Å². The molecule has 134 valence electrons. The van der Waals surface area contributed by atoms with Crippen LogP contribution in [0.2, 0.25) is 0 Å². The molecule has 0 radical (unpaired) electrons. The molecule has 3 rings (SSSR count). The number of nitrogens with one attached hydrogen (secondary N) is 2. The van der Waals surface area contributed by atoms with Crippen molar-refractivity contribution in [3.8, 4) is 0 Å². The van der Waals surface area contributed by atoms with Gasteiger partial charge in [-0.05, 0) is 42.7 Å². The second-order valence-corrected chi connectivity index (χ2v) is 6.39. The van der Waals surface area contributed by atoms with Gasteiger partial charge in [0.1, 0.15) is 6.04 Å². The topological polar surface area (TPSA) is 95.5 Å². The summed E-state index contributed by atoms with van der Waals surface area (Å²) in [6.45, 7) is 0. The molecular weight excluding hydrogens is 332 g/mol. The van der Waals surface area contributed by atoms with E-state index in [9.17, 15) is 19.5 Å². The third-order valence-corrected chi connectivity index (χ3v) is 4.25. The molecule has 1 aliphatic carbocycles. The molecule has 6 nitrogen and oxygen atoms in total. The Morgan fingerprint density at radius 2 is 1.65 bits per heavy atom. The average molecular weight is 352 g/mol. The van der Waals surface area contributed by atoms with Gasteiger partial charge in [0.2, 0.25) is 5.91 Å². The van der Waals surface area contributed by atoms with E-state index in [-0.39, 0.29) is 18.2 Å². The summed E-state index contributed by atoms with van der Waals surface area (Å²) < 4.78 is 0. The molecule has 2 aromatic carbocycles. The van der Waals surface area contributed by atoms with Gasteiger partial charge in [-0.15, -0.1) is 0 Å². The van der Waals surface area contributed by atoms with Gasteiger partial charge in [-0.1, -0.05) is 30.3 Å². The fourth-order valence-corrected chi connectivity index (χ4v) is 2.59. The van der Waals surface area contributed by atoms with E-state index in [2.05, 4.69) is 10.6 Å². The Morgan fingerprint density at radius 1 is 1.00 bits per heavy atom. The molecule has 0 saturated heterocycles. The number of hydrogen-bond donors (Lipinski definition) is 3. The Hall–Kier alpha value is -3.15. The van der Waals surface area contributed by atoms with E-state index in [1.807, 2.05) is 30.3 Å². The minimum absolute atomic E-state index is 0.00370. The lowest BCUT2D eigenvalue weighted by molar-refractivity contribution is -0.139.